The van der Waals surface area contributed by atoms with E-state index < -0.39 is 0 Å². The highest BCUT2D eigenvalue weighted by Gasteiger charge is 2.18. The van der Waals surface area contributed by atoms with E-state index in [1.807, 2.05) is 61.5 Å². The third-order valence-corrected chi connectivity index (χ3v) is 5.56. The minimum Gasteiger partial charge on any atom is -0.493 e. The Kier molecular flexibility index (Phi) is 6.56. The van der Waals surface area contributed by atoms with Crippen LogP contribution in [0, 0.1) is 11.3 Å². The van der Waals surface area contributed by atoms with Gasteiger partial charge in [0.1, 0.15) is 6.61 Å². The fraction of sp³-hybridized carbons (Fsp3) is 0.143. The van der Waals surface area contributed by atoms with E-state index in [2.05, 4.69) is 23.5 Å². The SMILES string of the molecule is COc1cc(C#N)ccc1OCc1cccc(NC(=O)C(C)c2cccc3ccccc23)c1. The van der Waals surface area contributed by atoms with E-state index in [9.17, 15) is 4.79 Å². The summed E-state index contributed by atoms with van der Waals surface area (Å²) in [6.07, 6.45) is 0. The molecule has 0 saturated carbocycles. The maximum atomic E-state index is 13.0. The molecule has 0 heterocycles. The molecular weight excluding hydrogens is 412 g/mol. The number of hydrogen-bond acceptors (Lipinski definition) is 4. The van der Waals surface area contributed by atoms with Crippen molar-refractivity contribution < 1.29 is 14.3 Å². The zero-order valence-electron chi connectivity index (χ0n) is 18.5. The number of nitrogens with one attached hydrogen (secondary N) is 1. The van der Waals surface area contributed by atoms with Gasteiger partial charge in [0.05, 0.1) is 24.7 Å². The second-order valence-electron chi connectivity index (χ2n) is 7.75. The average Bonchev–Trinajstić information content (AvgIpc) is 2.86. The zero-order chi connectivity index (χ0) is 23.2. The number of benzene rings is 4. The molecule has 0 aliphatic carbocycles. The highest BCUT2D eigenvalue weighted by atomic mass is 16.5. The van der Waals surface area contributed by atoms with Gasteiger partial charge in [-0.25, -0.2) is 0 Å². The fourth-order valence-electron chi connectivity index (χ4n) is 3.78. The van der Waals surface area contributed by atoms with Gasteiger partial charge >= 0.3 is 0 Å². The fourth-order valence-corrected chi connectivity index (χ4v) is 3.78. The Morgan fingerprint density at radius 3 is 2.58 bits per heavy atom. The van der Waals surface area contributed by atoms with Gasteiger partial charge in [0.15, 0.2) is 11.5 Å². The molecule has 5 nitrogen and oxygen atoms in total. The molecule has 0 saturated heterocycles. The quantitative estimate of drug-likeness (QED) is 0.383. The molecule has 164 valence electrons. The molecule has 4 rings (SSSR count). The number of fused-ring (bicyclic) bond motifs is 1. The Balaban J connectivity index is 1.46. The van der Waals surface area contributed by atoms with Crippen LogP contribution in [0.5, 0.6) is 11.5 Å². The maximum Gasteiger partial charge on any atom is 0.231 e. The van der Waals surface area contributed by atoms with Crippen LogP contribution >= 0.6 is 0 Å². The molecule has 1 atom stereocenters. The summed E-state index contributed by atoms with van der Waals surface area (Å²) >= 11 is 0. The summed E-state index contributed by atoms with van der Waals surface area (Å²) in [6, 6.07) is 28.8. The number of amides is 1. The molecule has 1 amide bonds. The third-order valence-electron chi connectivity index (χ3n) is 5.56. The first-order chi connectivity index (χ1) is 16.1. The van der Waals surface area contributed by atoms with Crippen LogP contribution in [0.4, 0.5) is 5.69 Å². The summed E-state index contributed by atoms with van der Waals surface area (Å²) in [5.74, 6) is 0.676. The van der Waals surface area contributed by atoms with Crippen molar-refractivity contribution in [3.63, 3.8) is 0 Å². The zero-order valence-corrected chi connectivity index (χ0v) is 18.5. The van der Waals surface area contributed by atoms with E-state index in [1.165, 1.54) is 7.11 Å². The van der Waals surface area contributed by atoms with Crippen LogP contribution in [0.3, 0.4) is 0 Å². The normalized spacial score (nSPS) is 11.4. The summed E-state index contributed by atoms with van der Waals surface area (Å²) in [7, 11) is 1.54. The van der Waals surface area contributed by atoms with Crippen molar-refractivity contribution in [2.45, 2.75) is 19.4 Å². The highest BCUT2D eigenvalue weighted by Crippen LogP contribution is 2.29. The molecule has 0 spiro atoms. The lowest BCUT2D eigenvalue weighted by molar-refractivity contribution is -0.117. The second-order valence-corrected chi connectivity index (χ2v) is 7.75. The van der Waals surface area contributed by atoms with E-state index in [0.717, 1.165) is 21.9 Å². The predicted octanol–water partition coefficient (Wildman–Crippen LogP) is 6.04. The van der Waals surface area contributed by atoms with Crippen molar-refractivity contribution in [1.82, 2.24) is 0 Å². The van der Waals surface area contributed by atoms with Gasteiger partial charge in [0.25, 0.3) is 0 Å². The van der Waals surface area contributed by atoms with Crippen molar-refractivity contribution in [3.8, 4) is 17.6 Å². The van der Waals surface area contributed by atoms with Crippen molar-refractivity contribution in [1.29, 1.82) is 5.26 Å². The van der Waals surface area contributed by atoms with Gasteiger partial charge in [-0.1, -0.05) is 54.6 Å². The summed E-state index contributed by atoms with van der Waals surface area (Å²) in [5, 5.41) is 14.3. The lowest BCUT2D eigenvalue weighted by Crippen LogP contribution is -2.19. The van der Waals surface area contributed by atoms with Gasteiger partial charge < -0.3 is 14.8 Å². The van der Waals surface area contributed by atoms with Crippen LogP contribution in [0.15, 0.2) is 84.9 Å². The maximum absolute atomic E-state index is 13.0. The predicted molar refractivity (Wildman–Crippen MR) is 129 cm³/mol. The lowest BCUT2D eigenvalue weighted by Gasteiger charge is -2.16. The number of carbonyl (C=O) groups excluding carboxylic acids is 1. The number of carbonyl (C=O) groups is 1. The van der Waals surface area contributed by atoms with Crippen molar-refractivity contribution in [2.75, 3.05) is 12.4 Å². The van der Waals surface area contributed by atoms with Gasteiger partial charge in [-0.15, -0.1) is 0 Å². The number of anilines is 1. The van der Waals surface area contributed by atoms with E-state index in [4.69, 9.17) is 14.7 Å². The average molecular weight is 437 g/mol. The number of rotatable bonds is 7. The van der Waals surface area contributed by atoms with Crippen molar-refractivity contribution >= 4 is 22.4 Å². The molecule has 0 fully saturated rings. The molecule has 33 heavy (non-hydrogen) atoms. The topological polar surface area (TPSA) is 71.3 Å². The molecule has 0 bridgehead atoms. The second kappa shape index (κ2) is 9.88. The number of methoxy groups -OCH3 is 1. The van der Waals surface area contributed by atoms with E-state index in [0.29, 0.717) is 29.4 Å². The minimum absolute atomic E-state index is 0.0711. The smallest absolute Gasteiger partial charge is 0.231 e. The van der Waals surface area contributed by atoms with Crippen molar-refractivity contribution in [2.24, 2.45) is 0 Å². The number of nitrogens with zero attached hydrogens (tertiary/aromatic N) is 1. The van der Waals surface area contributed by atoms with Crippen LogP contribution < -0.4 is 14.8 Å². The minimum atomic E-state index is -0.307. The molecule has 0 aliphatic heterocycles. The Bertz CT molecular complexity index is 1340. The largest absolute Gasteiger partial charge is 0.493 e. The number of ether oxygens (including phenoxy) is 2. The van der Waals surface area contributed by atoms with Crippen LogP contribution in [-0.4, -0.2) is 13.0 Å². The van der Waals surface area contributed by atoms with E-state index >= 15 is 0 Å². The Labute approximate surface area is 193 Å². The van der Waals surface area contributed by atoms with Gasteiger partial charge in [0.2, 0.25) is 5.91 Å². The number of hydrogen-bond donors (Lipinski definition) is 1. The van der Waals surface area contributed by atoms with Gasteiger partial charge in [-0.3, -0.25) is 4.79 Å². The molecule has 4 aromatic rings. The Morgan fingerprint density at radius 1 is 0.970 bits per heavy atom. The summed E-state index contributed by atoms with van der Waals surface area (Å²) in [5.41, 5.74) is 3.11. The van der Waals surface area contributed by atoms with Gasteiger partial charge in [-0.05, 0) is 53.1 Å². The molecular formula is C28H24N2O3. The van der Waals surface area contributed by atoms with Crippen LogP contribution in [0.1, 0.15) is 29.5 Å². The highest BCUT2D eigenvalue weighted by molar-refractivity contribution is 5.99. The molecule has 0 aliphatic rings. The van der Waals surface area contributed by atoms with Crippen LogP contribution in [0.2, 0.25) is 0 Å². The summed E-state index contributed by atoms with van der Waals surface area (Å²) in [4.78, 5) is 13.0. The van der Waals surface area contributed by atoms with Gasteiger partial charge in [-0.2, -0.15) is 5.26 Å². The molecule has 1 unspecified atom stereocenters. The first-order valence-corrected chi connectivity index (χ1v) is 10.7. The number of nitriles is 1. The first kappa shape index (κ1) is 21.9. The standard InChI is InChI=1S/C28H24N2O3/c1-19(24-12-6-9-22-8-3-4-11-25(22)24)28(31)30-23-10-5-7-21(15-23)18-33-26-14-13-20(17-29)16-27(26)32-2/h3-16,19H,18H2,1-2H3,(H,30,31). The summed E-state index contributed by atoms with van der Waals surface area (Å²) in [6.45, 7) is 2.21. The van der Waals surface area contributed by atoms with Crippen LogP contribution in [-0.2, 0) is 11.4 Å². The van der Waals surface area contributed by atoms with Gasteiger partial charge in [0, 0.05) is 11.8 Å². The molecule has 0 radical (unpaired) electrons. The molecule has 1 N–H and O–H groups in total. The molecule has 5 heteroatoms. The monoisotopic (exact) mass is 436 g/mol. The Hall–Kier alpha value is -4.30. The Morgan fingerprint density at radius 2 is 1.76 bits per heavy atom. The van der Waals surface area contributed by atoms with E-state index in [1.54, 1.807) is 18.2 Å². The lowest BCUT2D eigenvalue weighted by atomic mass is 9.94. The third kappa shape index (κ3) is 4.97. The van der Waals surface area contributed by atoms with E-state index in [-0.39, 0.29) is 11.8 Å². The van der Waals surface area contributed by atoms with Crippen LogP contribution in [0.25, 0.3) is 10.8 Å². The summed E-state index contributed by atoms with van der Waals surface area (Å²) < 4.78 is 11.2. The first-order valence-electron chi connectivity index (χ1n) is 10.7. The molecule has 4 aromatic carbocycles. The van der Waals surface area contributed by atoms with Crippen molar-refractivity contribution in [3.05, 3.63) is 102 Å². The molecule has 0 aromatic heterocycles.